The Hall–Kier alpha value is -1.63. The Labute approximate surface area is 112 Å². The molecule has 6 nitrogen and oxygen atoms in total. The highest BCUT2D eigenvalue weighted by molar-refractivity contribution is 7.91. The summed E-state index contributed by atoms with van der Waals surface area (Å²) in [6.07, 6.45) is 2.56. The fourth-order valence-corrected chi connectivity index (χ4v) is 3.20. The molecule has 1 fully saturated rings. The van der Waals surface area contributed by atoms with Crippen LogP contribution in [-0.4, -0.2) is 43.9 Å². The second-order valence-electron chi connectivity index (χ2n) is 4.63. The van der Waals surface area contributed by atoms with Gasteiger partial charge < -0.3 is 10.6 Å². The van der Waals surface area contributed by atoms with E-state index >= 15 is 0 Å². The number of primary amides is 1. The van der Waals surface area contributed by atoms with E-state index in [1.807, 2.05) is 17.0 Å². The number of nitrogens with two attached hydrogens (primary N) is 1. The molecule has 19 heavy (non-hydrogen) atoms. The van der Waals surface area contributed by atoms with Crippen molar-refractivity contribution in [2.45, 2.75) is 12.8 Å². The molecule has 0 bridgehead atoms. The Morgan fingerprint density at radius 2 is 2.05 bits per heavy atom. The minimum absolute atomic E-state index is 0.167. The van der Waals surface area contributed by atoms with Gasteiger partial charge in [-0.15, -0.1) is 0 Å². The zero-order valence-corrected chi connectivity index (χ0v) is 11.4. The number of nitrogens with zero attached hydrogens (tertiary/aromatic N) is 2. The zero-order chi connectivity index (χ0) is 13.9. The highest BCUT2D eigenvalue weighted by Gasteiger charge is 2.22. The van der Waals surface area contributed by atoms with Crippen LogP contribution in [0.15, 0.2) is 18.3 Å². The first-order valence-corrected chi connectivity index (χ1v) is 7.97. The molecule has 0 unspecified atom stereocenters. The van der Waals surface area contributed by atoms with Gasteiger partial charge in [0.2, 0.25) is 5.91 Å². The molecule has 7 heteroatoms. The zero-order valence-electron chi connectivity index (χ0n) is 10.6. The second-order valence-corrected chi connectivity index (χ2v) is 6.93. The minimum Gasteiger partial charge on any atom is -0.370 e. The fraction of sp³-hybridized carbons (Fsp3) is 0.500. The quantitative estimate of drug-likeness (QED) is 0.821. The van der Waals surface area contributed by atoms with Crippen LogP contribution in [0.1, 0.15) is 12.0 Å². The lowest BCUT2D eigenvalue weighted by molar-refractivity contribution is -0.117. The minimum atomic E-state index is -2.89. The molecule has 1 aliphatic heterocycles. The van der Waals surface area contributed by atoms with Crippen LogP contribution in [0.5, 0.6) is 0 Å². The van der Waals surface area contributed by atoms with Crippen molar-refractivity contribution in [3.05, 3.63) is 23.9 Å². The van der Waals surface area contributed by atoms with Gasteiger partial charge in [-0.3, -0.25) is 4.79 Å². The van der Waals surface area contributed by atoms with Gasteiger partial charge in [0.25, 0.3) is 0 Å². The Morgan fingerprint density at radius 3 is 2.68 bits per heavy atom. The van der Waals surface area contributed by atoms with Gasteiger partial charge in [-0.1, -0.05) is 0 Å². The highest BCUT2D eigenvalue weighted by Crippen LogP contribution is 2.16. The summed E-state index contributed by atoms with van der Waals surface area (Å²) < 4.78 is 22.7. The van der Waals surface area contributed by atoms with E-state index in [1.54, 1.807) is 6.20 Å². The third-order valence-corrected chi connectivity index (χ3v) is 4.75. The summed E-state index contributed by atoms with van der Waals surface area (Å²) in [5, 5.41) is 0. The van der Waals surface area contributed by atoms with Crippen LogP contribution in [0.4, 0.5) is 5.82 Å². The van der Waals surface area contributed by atoms with E-state index in [0.29, 0.717) is 25.9 Å². The summed E-state index contributed by atoms with van der Waals surface area (Å²) in [7, 11) is -2.89. The number of rotatable bonds is 4. The maximum atomic E-state index is 11.4. The standard InChI is InChI=1S/C12H17N3O3S/c13-11(16)2-1-10-3-4-14-12(9-10)15-5-7-19(17,18)8-6-15/h3-4,9H,1-2,5-8H2,(H2,13,16). The lowest BCUT2D eigenvalue weighted by Crippen LogP contribution is -2.40. The lowest BCUT2D eigenvalue weighted by atomic mass is 10.1. The van der Waals surface area contributed by atoms with Crippen LogP contribution in [0.2, 0.25) is 0 Å². The number of amides is 1. The molecule has 0 radical (unpaired) electrons. The van der Waals surface area contributed by atoms with E-state index in [1.165, 1.54) is 0 Å². The number of carbonyl (C=O) groups excluding carboxylic acids is 1. The molecule has 1 amide bonds. The van der Waals surface area contributed by atoms with Crippen LogP contribution in [0, 0.1) is 0 Å². The Bertz CT molecular complexity index is 557. The monoisotopic (exact) mass is 283 g/mol. The first-order chi connectivity index (χ1) is 8.96. The molecule has 2 heterocycles. The summed E-state index contributed by atoms with van der Waals surface area (Å²) in [5.74, 6) is 0.764. The molecule has 104 valence electrons. The van der Waals surface area contributed by atoms with Crippen LogP contribution < -0.4 is 10.6 Å². The predicted molar refractivity (Wildman–Crippen MR) is 72.6 cm³/mol. The summed E-state index contributed by atoms with van der Waals surface area (Å²) in [5.41, 5.74) is 6.10. The molecule has 0 spiro atoms. The number of aryl methyl sites for hydroxylation is 1. The van der Waals surface area contributed by atoms with Gasteiger partial charge >= 0.3 is 0 Å². The summed E-state index contributed by atoms with van der Waals surface area (Å²) in [6, 6.07) is 3.73. The van der Waals surface area contributed by atoms with Gasteiger partial charge in [-0.2, -0.15) is 0 Å². The summed E-state index contributed by atoms with van der Waals surface area (Å²) in [4.78, 5) is 17.0. The lowest BCUT2D eigenvalue weighted by Gasteiger charge is -2.27. The largest absolute Gasteiger partial charge is 0.370 e. The van der Waals surface area contributed by atoms with Gasteiger partial charge in [0.1, 0.15) is 5.82 Å². The smallest absolute Gasteiger partial charge is 0.217 e. The fourth-order valence-electron chi connectivity index (χ4n) is 2.00. The first-order valence-electron chi connectivity index (χ1n) is 6.15. The Morgan fingerprint density at radius 1 is 1.37 bits per heavy atom. The Balaban J connectivity index is 2.05. The molecule has 0 aliphatic carbocycles. The average Bonchev–Trinajstić information content (AvgIpc) is 2.37. The van der Waals surface area contributed by atoms with Crippen molar-refractivity contribution < 1.29 is 13.2 Å². The molecule has 2 N–H and O–H groups in total. The summed E-state index contributed by atoms with van der Waals surface area (Å²) >= 11 is 0. The van der Waals surface area contributed by atoms with Gasteiger partial charge in [-0.25, -0.2) is 13.4 Å². The van der Waals surface area contributed by atoms with Crippen molar-refractivity contribution >= 4 is 21.6 Å². The van der Waals surface area contributed by atoms with Gasteiger partial charge in [0.15, 0.2) is 9.84 Å². The van der Waals surface area contributed by atoms with E-state index in [0.717, 1.165) is 11.4 Å². The van der Waals surface area contributed by atoms with Gasteiger partial charge in [0.05, 0.1) is 11.5 Å². The SMILES string of the molecule is NC(=O)CCc1ccnc(N2CCS(=O)(=O)CC2)c1. The summed E-state index contributed by atoms with van der Waals surface area (Å²) in [6.45, 7) is 0.934. The maximum absolute atomic E-state index is 11.4. The van der Waals surface area contributed by atoms with Crippen molar-refractivity contribution in [1.29, 1.82) is 0 Å². The van der Waals surface area contributed by atoms with E-state index < -0.39 is 9.84 Å². The predicted octanol–water partition coefficient (Wildman–Crippen LogP) is -0.266. The van der Waals surface area contributed by atoms with E-state index in [-0.39, 0.29) is 17.4 Å². The van der Waals surface area contributed by atoms with Crippen molar-refractivity contribution in [3.63, 3.8) is 0 Å². The van der Waals surface area contributed by atoms with Crippen LogP contribution in [0.25, 0.3) is 0 Å². The second kappa shape index (κ2) is 5.56. The molecule has 0 atom stereocenters. The van der Waals surface area contributed by atoms with Crippen molar-refractivity contribution in [1.82, 2.24) is 4.98 Å². The number of sulfone groups is 1. The van der Waals surface area contributed by atoms with Gasteiger partial charge in [0, 0.05) is 25.7 Å². The molecule has 1 aromatic heterocycles. The van der Waals surface area contributed by atoms with Crippen molar-refractivity contribution in [2.75, 3.05) is 29.5 Å². The third-order valence-electron chi connectivity index (χ3n) is 3.14. The number of hydrogen-bond acceptors (Lipinski definition) is 5. The maximum Gasteiger partial charge on any atom is 0.217 e. The molecular formula is C12H17N3O3S. The molecule has 0 aromatic carbocycles. The van der Waals surface area contributed by atoms with E-state index in [4.69, 9.17) is 5.73 Å². The normalized spacial score (nSPS) is 18.2. The average molecular weight is 283 g/mol. The number of aromatic nitrogens is 1. The van der Waals surface area contributed by atoms with Crippen LogP contribution >= 0.6 is 0 Å². The number of carbonyl (C=O) groups is 1. The van der Waals surface area contributed by atoms with Crippen LogP contribution in [-0.2, 0) is 21.1 Å². The molecule has 1 aromatic rings. The highest BCUT2D eigenvalue weighted by atomic mass is 32.2. The van der Waals surface area contributed by atoms with Crippen molar-refractivity contribution in [3.8, 4) is 0 Å². The molecule has 0 saturated carbocycles. The number of anilines is 1. The first kappa shape index (κ1) is 13.8. The molecule has 2 rings (SSSR count). The molecule has 1 aliphatic rings. The van der Waals surface area contributed by atoms with E-state index in [9.17, 15) is 13.2 Å². The third kappa shape index (κ3) is 3.92. The van der Waals surface area contributed by atoms with Crippen LogP contribution in [0.3, 0.4) is 0 Å². The van der Waals surface area contributed by atoms with E-state index in [2.05, 4.69) is 4.98 Å². The van der Waals surface area contributed by atoms with Crippen molar-refractivity contribution in [2.24, 2.45) is 5.73 Å². The Kier molecular flexibility index (Phi) is 4.04. The number of pyridine rings is 1. The number of hydrogen-bond donors (Lipinski definition) is 1. The van der Waals surface area contributed by atoms with Gasteiger partial charge in [-0.05, 0) is 24.1 Å². The molecular weight excluding hydrogens is 266 g/mol. The topological polar surface area (TPSA) is 93.4 Å². The molecule has 1 saturated heterocycles.